The number of fused-ring (bicyclic) bond motifs is 2. The Balaban J connectivity index is 1.32. The molecule has 3 heterocycles. The second kappa shape index (κ2) is 10.1. The number of piperidine rings is 1. The van der Waals surface area contributed by atoms with Crippen molar-refractivity contribution < 1.29 is 24.2 Å². The minimum absolute atomic E-state index is 0.151. The van der Waals surface area contributed by atoms with E-state index < -0.39 is 6.09 Å². The van der Waals surface area contributed by atoms with Gasteiger partial charge in [-0.2, -0.15) is 0 Å². The zero-order chi connectivity index (χ0) is 26.1. The Morgan fingerprint density at radius 1 is 1.05 bits per heavy atom. The standard InChI is InChI=1S/C31H28N2O5/c34-29-24-10-11-27(37-19-21-6-2-1-3-7-21)25(16-20-12-14-33(15-13-20)31(35)36)30(24)38-28(29)17-22-18-32-26-9-5-4-8-23(22)26/h1-11,17-18,20,32H,12-16,19H2,(H,35,36). The number of nitrogens with one attached hydrogen (secondary N) is 1. The monoisotopic (exact) mass is 508 g/mol. The maximum atomic E-state index is 13.4. The number of hydrogen-bond acceptors (Lipinski definition) is 4. The molecular formula is C31H28N2O5. The predicted molar refractivity (Wildman–Crippen MR) is 144 cm³/mol. The van der Waals surface area contributed by atoms with Gasteiger partial charge < -0.3 is 24.5 Å². The first-order valence-corrected chi connectivity index (χ1v) is 12.9. The molecule has 0 unspecified atom stereocenters. The summed E-state index contributed by atoms with van der Waals surface area (Å²) in [4.78, 5) is 29.5. The van der Waals surface area contributed by atoms with Crippen molar-refractivity contribution in [2.24, 2.45) is 5.92 Å². The van der Waals surface area contributed by atoms with Crippen LogP contribution in [0.5, 0.6) is 11.5 Å². The maximum Gasteiger partial charge on any atom is 0.407 e. The molecule has 6 rings (SSSR count). The molecule has 38 heavy (non-hydrogen) atoms. The summed E-state index contributed by atoms with van der Waals surface area (Å²) in [7, 11) is 0. The van der Waals surface area contributed by atoms with Gasteiger partial charge in [0, 0.05) is 41.3 Å². The fourth-order valence-electron chi connectivity index (χ4n) is 5.32. The lowest BCUT2D eigenvalue weighted by Gasteiger charge is -2.30. The lowest BCUT2D eigenvalue weighted by molar-refractivity contribution is 0.101. The number of hydrogen-bond donors (Lipinski definition) is 2. The summed E-state index contributed by atoms with van der Waals surface area (Å²) in [6, 6.07) is 21.5. The van der Waals surface area contributed by atoms with Crippen LogP contribution in [0.25, 0.3) is 17.0 Å². The van der Waals surface area contributed by atoms with Crippen molar-refractivity contribution in [3.05, 3.63) is 101 Å². The zero-order valence-corrected chi connectivity index (χ0v) is 20.9. The van der Waals surface area contributed by atoms with E-state index in [1.54, 1.807) is 12.1 Å². The van der Waals surface area contributed by atoms with E-state index >= 15 is 0 Å². The summed E-state index contributed by atoms with van der Waals surface area (Å²) in [5, 5.41) is 10.4. The molecule has 2 aliphatic heterocycles. The highest BCUT2D eigenvalue weighted by molar-refractivity contribution is 6.15. The SMILES string of the molecule is O=C1C(=Cc2c[nH]c3ccccc23)Oc2c1ccc(OCc1ccccc1)c2CC1CCN(C(=O)O)CC1. The van der Waals surface area contributed by atoms with Crippen LogP contribution in [0.2, 0.25) is 0 Å². The van der Waals surface area contributed by atoms with Crippen LogP contribution < -0.4 is 9.47 Å². The molecule has 192 valence electrons. The van der Waals surface area contributed by atoms with Gasteiger partial charge in [-0.15, -0.1) is 0 Å². The van der Waals surface area contributed by atoms with Crippen LogP contribution in [-0.4, -0.2) is 40.0 Å². The number of para-hydroxylation sites is 1. The Bertz CT molecular complexity index is 1530. The van der Waals surface area contributed by atoms with Crippen LogP contribution in [0.3, 0.4) is 0 Å². The smallest absolute Gasteiger partial charge is 0.407 e. The highest BCUT2D eigenvalue weighted by Crippen LogP contribution is 2.42. The number of aromatic amines is 1. The second-order valence-electron chi connectivity index (χ2n) is 9.84. The molecule has 0 atom stereocenters. The number of aromatic nitrogens is 1. The van der Waals surface area contributed by atoms with Crippen molar-refractivity contribution >= 4 is 28.9 Å². The lowest BCUT2D eigenvalue weighted by Crippen LogP contribution is -2.37. The number of ketones is 1. The highest BCUT2D eigenvalue weighted by atomic mass is 16.5. The van der Waals surface area contributed by atoms with E-state index in [-0.39, 0.29) is 17.5 Å². The Morgan fingerprint density at radius 3 is 2.61 bits per heavy atom. The van der Waals surface area contributed by atoms with E-state index in [2.05, 4.69) is 4.98 Å². The van der Waals surface area contributed by atoms with Gasteiger partial charge in [0.1, 0.15) is 18.1 Å². The molecule has 1 amide bonds. The Hall–Kier alpha value is -4.52. The molecule has 1 fully saturated rings. The summed E-state index contributed by atoms with van der Waals surface area (Å²) < 4.78 is 12.5. The topological polar surface area (TPSA) is 91.9 Å². The predicted octanol–water partition coefficient (Wildman–Crippen LogP) is 6.30. The van der Waals surface area contributed by atoms with E-state index in [4.69, 9.17) is 9.47 Å². The van der Waals surface area contributed by atoms with Gasteiger partial charge >= 0.3 is 6.09 Å². The molecule has 3 aromatic carbocycles. The fraction of sp³-hybridized carbons (Fsp3) is 0.226. The van der Waals surface area contributed by atoms with Crippen molar-refractivity contribution in [3.8, 4) is 11.5 Å². The van der Waals surface area contributed by atoms with Gasteiger partial charge in [-0.3, -0.25) is 4.79 Å². The largest absolute Gasteiger partial charge is 0.488 e. The Kier molecular flexibility index (Phi) is 6.33. The average molecular weight is 509 g/mol. The normalized spacial score (nSPS) is 16.6. The van der Waals surface area contributed by atoms with Gasteiger partial charge in [-0.25, -0.2) is 4.79 Å². The quantitative estimate of drug-likeness (QED) is 0.299. The van der Waals surface area contributed by atoms with E-state index in [0.717, 1.165) is 40.4 Å². The number of allylic oxidation sites excluding steroid dienone is 1. The van der Waals surface area contributed by atoms with E-state index in [1.165, 1.54) is 4.90 Å². The molecule has 0 saturated carbocycles. The van der Waals surface area contributed by atoms with Gasteiger partial charge in [0.2, 0.25) is 5.78 Å². The van der Waals surface area contributed by atoms with Crippen molar-refractivity contribution in [1.82, 2.24) is 9.88 Å². The summed E-state index contributed by atoms with van der Waals surface area (Å²) in [6.45, 7) is 1.40. The number of carbonyl (C=O) groups is 2. The molecule has 0 aliphatic carbocycles. The van der Waals surface area contributed by atoms with Gasteiger partial charge in [-0.05, 0) is 55.0 Å². The third kappa shape index (κ3) is 4.63. The van der Waals surface area contributed by atoms with Crippen LogP contribution in [0.4, 0.5) is 4.79 Å². The molecule has 2 aliphatic rings. The third-order valence-electron chi connectivity index (χ3n) is 7.42. The van der Waals surface area contributed by atoms with Crippen molar-refractivity contribution in [1.29, 1.82) is 0 Å². The number of H-pyrrole nitrogens is 1. The molecular weight excluding hydrogens is 480 g/mol. The maximum absolute atomic E-state index is 13.4. The van der Waals surface area contributed by atoms with Crippen LogP contribution >= 0.6 is 0 Å². The summed E-state index contributed by atoms with van der Waals surface area (Å²) in [6.07, 6.45) is 4.94. The molecule has 2 N–H and O–H groups in total. The number of Topliss-reactive ketones (excluding diaryl/α,β-unsaturated/α-hetero) is 1. The number of carbonyl (C=O) groups excluding carboxylic acids is 1. The summed E-state index contributed by atoms with van der Waals surface area (Å²) in [5.74, 6) is 1.63. The molecule has 4 aromatic rings. The highest BCUT2D eigenvalue weighted by Gasteiger charge is 2.33. The van der Waals surface area contributed by atoms with Gasteiger partial charge in [-0.1, -0.05) is 48.5 Å². The van der Waals surface area contributed by atoms with Gasteiger partial charge in [0.25, 0.3) is 0 Å². The van der Waals surface area contributed by atoms with Crippen LogP contribution in [0.15, 0.2) is 78.7 Å². The summed E-state index contributed by atoms with van der Waals surface area (Å²) in [5.41, 5.74) is 4.32. The van der Waals surface area contributed by atoms with Crippen LogP contribution in [-0.2, 0) is 13.0 Å². The number of amides is 1. The molecule has 0 bridgehead atoms. The first-order valence-electron chi connectivity index (χ1n) is 12.9. The number of carboxylic acid groups (broad SMARTS) is 1. The first-order chi connectivity index (χ1) is 18.6. The number of ether oxygens (including phenoxy) is 2. The fourth-order valence-corrected chi connectivity index (χ4v) is 5.32. The number of likely N-dealkylation sites (tertiary alicyclic amines) is 1. The van der Waals surface area contributed by atoms with E-state index in [1.807, 2.05) is 66.9 Å². The first kappa shape index (κ1) is 23.9. The minimum atomic E-state index is -0.878. The van der Waals surface area contributed by atoms with Crippen molar-refractivity contribution in [3.63, 3.8) is 0 Å². The van der Waals surface area contributed by atoms with Gasteiger partial charge in [0.15, 0.2) is 5.76 Å². The van der Waals surface area contributed by atoms with E-state index in [0.29, 0.717) is 43.2 Å². The summed E-state index contributed by atoms with van der Waals surface area (Å²) >= 11 is 0. The van der Waals surface area contributed by atoms with E-state index in [9.17, 15) is 14.7 Å². The minimum Gasteiger partial charge on any atom is -0.488 e. The number of nitrogens with zero attached hydrogens (tertiary/aromatic N) is 1. The second-order valence-corrected chi connectivity index (χ2v) is 9.84. The van der Waals surface area contributed by atoms with Gasteiger partial charge in [0.05, 0.1) is 5.56 Å². The molecule has 0 radical (unpaired) electrons. The molecule has 7 heteroatoms. The number of benzene rings is 3. The molecule has 1 aromatic heterocycles. The number of rotatable bonds is 6. The molecule has 7 nitrogen and oxygen atoms in total. The lowest BCUT2D eigenvalue weighted by atomic mass is 9.88. The zero-order valence-electron chi connectivity index (χ0n) is 20.9. The van der Waals surface area contributed by atoms with Crippen molar-refractivity contribution in [2.45, 2.75) is 25.9 Å². The van der Waals surface area contributed by atoms with Crippen LogP contribution in [0.1, 0.15) is 39.9 Å². The molecule has 1 saturated heterocycles. The van der Waals surface area contributed by atoms with Crippen LogP contribution in [0, 0.1) is 5.92 Å². The Labute approximate surface area is 220 Å². The Morgan fingerprint density at radius 2 is 1.82 bits per heavy atom. The third-order valence-corrected chi connectivity index (χ3v) is 7.42. The molecule has 0 spiro atoms. The van der Waals surface area contributed by atoms with Crippen molar-refractivity contribution in [2.75, 3.05) is 13.1 Å². The average Bonchev–Trinajstić information content (AvgIpc) is 3.50.